The number of benzene rings is 1. The predicted molar refractivity (Wildman–Crippen MR) is 72.3 cm³/mol. The van der Waals surface area contributed by atoms with Gasteiger partial charge >= 0.3 is 0 Å². The fraction of sp³-hybridized carbons (Fsp3) is 0.385. The van der Waals surface area contributed by atoms with E-state index in [1.807, 2.05) is 13.0 Å². The Labute approximate surface area is 119 Å². The lowest BCUT2D eigenvalue weighted by atomic mass is 10.1. The Morgan fingerprint density at radius 2 is 2.26 bits per heavy atom. The van der Waals surface area contributed by atoms with Crippen LogP contribution in [0.25, 0.3) is 0 Å². The molecule has 0 aromatic heterocycles. The summed E-state index contributed by atoms with van der Waals surface area (Å²) >= 11 is 3.35. The molecule has 0 bridgehead atoms. The van der Waals surface area contributed by atoms with Crippen molar-refractivity contribution in [2.75, 3.05) is 13.2 Å². The maximum atomic E-state index is 12.0. The van der Waals surface area contributed by atoms with E-state index in [0.717, 1.165) is 0 Å². The highest BCUT2D eigenvalue weighted by Crippen LogP contribution is 2.38. The first-order valence-corrected chi connectivity index (χ1v) is 6.74. The van der Waals surface area contributed by atoms with Crippen LogP contribution in [0, 0.1) is 11.3 Å². The zero-order valence-electron chi connectivity index (χ0n) is 10.4. The number of fused-ring (bicyclic) bond motifs is 1. The van der Waals surface area contributed by atoms with Gasteiger partial charge in [-0.05, 0) is 34.5 Å². The van der Waals surface area contributed by atoms with Crippen molar-refractivity contribution in [1.29, 1.82) is 5.26 Å². The Hall–Kier alpha value is -1.74. The van der Waals surface area contributed by atoms with Crippen LogP contribution in [-0.2, 0) is 0 Å². The summed E-state index contributed by atoms with van der Waals surface area (Å²) in [4.78, 5) is 12.0. The number of hydrogen-bond acceptors (Lipinski definition) is 4. The number of nitrogens with one attached hydrogen (secondary N) is 1. The molecule has 1 aromatic carbocycles. The zero-order chi connectivity index (χ0) is 13.8. The minimum Gasteiger partial charge on any atom is -0.486 e. The summed E-state index contributed by atoms with van der Waals surface area (Å²) in [7, 11) is 0. The van der Waals surface area contributed by atoms with Gasteiger partial charge in [-0.3, -0.25) is 4.79 Å². The molecular formula is C13H13BrN2O3. The van der Waals surface area contributed by atoms with Crippen LogP contribution in [-0.4, -0.2) is 25.2 Å². The van der Waals surface area contributed by atoms with Gasteiger partial charge in [-0.1, -0.05) is 6.92 Å². The van der Waals surface area contributed by atoms with Crippen LogP contribution in [0.4, 0.5) is 0 Å². The molecule has 100 valence electrons. The Balaban J connectivity index is 2.24. The first-order valence-electron chi connectivity index (χ1n) is 5.95. The summed E-state index contributed by atoms with van der Waals surface area (Å²) in [5.41, 5.74) is 0.435. The molecule has 1 aromatic rings. The molecule has 0 saturated carbocycles. The topological polar surface area (TPSA) is 71.4 Å². The molecule has 1 N–H and O–H groups in total. The number of rotatable bonds is 3. The number of amides is 1. The van der Waals surface area contributed by atoms with Gasteiger partial charge in [0.25, 0.3) is 5.91 Å². The lowest BCUT2D eigenvalue weighted by Crippen LogP contribution is -2.33. The highest BCUT2D eigenvalue weighted by Gasteiger charge is 2.20. The fourth-order valence-electron chi connectivity index (χ4n) is 1.71. The molecule has 19 heavy (non-hydrogen) atoms. The van der Waals surface area contributed by atoms with E-state index in [1.165, 1.54) is 0 Å². The number of carbonyl (C=O) groups is 1. The van der Waals surface area contributed by atoms with E-state index >= 15 is 0 Å². The van der Waals surface area contributed by atoms with E-state index in [0.29, 0.717) is 41.2 Å². The van der Waals surface area contributed by atoms with E-state index in [4.69, 9.17) is 14.7 Å². The molecule has 0 aliphatic carbocycles. The second kappa shape index (κ2) is 5.93. The van der Waals surface area contributed by atoms with Gasteiger partial charge in [0.15, 0.2) is 11.5 Å². The second-order valence-corrected chi connectivity index (χ2v) is 4.90. The van der Waals surface area contributed by atoms with Gasteiger partial charge in [-0.2, -0.15) is 5.26 Å². The number of ether oxygens (including phenoxy) is 2. The third-order valence-corrected chi connectivity index (χ3v) is 3.32. The largest absolute Gasteiger partial charge is 0.486 e. The smallest absolute Gasteiger partial charge is 0.252 e. The van der Waals surface area contributed by atoms with Crippen LogP contribution in [0.3, 0.4) is 0 Å². The number of halogens is 1. The Kier molecular flexibility index (Phi) is 4.27. The lowest BCUT2D eigenvalue weighted by Gasteiger charge is -2.20. The molecule has 0 fully saturated rings. The SMILES string of the molecule is CCC(C#N)NC(=O)c1cc(Br)c2c(c1)OCCO2. The van der Waals surface area contributed by atoms with Crippen LogP contribution in [0.5, 0.6) is 11.5 Å². The molecule has 1 unspecified atom stereocenters. The van der Waals surface area contributed by atoms with Crippen molar-refractivity contribution in [2.24, 2.45) is 0 Å². The molecule has 2 rings (SSSR count). The summed E-state index contributed by atoms with van der Waals surface area (Å²) in [5.74, 6) is 0.844. The first-order chi connectivity index (χ1) is 9.15. The molecule has 0 spiro atoms. The van der Waals surface area contributed by atoms with Gasteiger partial charge in [-0.15, -0.1) is 0 Å². The molecule has 1 amide bonds. The molecule has 1 aliphatic heterocycles. The molecule has 0 saturated heterocycles. The highest BCUT2D eigenvalue weighted by atomic mass is 79.9. The maximum Gasteiger partial charge on any atom is 0.252 e. The molecule has 1 aliphatic rings. The molecule has 0 radical (unpaired) electrons. The average molecular weight is 325 g/mol. The Bertz CT molecular complexity index is 539. The normalized spacial score (nSPS) is 14.4. The minimum atomic E-state index is -0.487. The molecule has 5 nitrogen and oxygen atoms in total. The zero-order valence-corrected chi connectivity index (χ0v) is 12.0. The van der Waals surface area contributed by atoms with Crippen molar-refractivity contribution in [3.63, 3.8) is 0 Å². The number of hydrogen-bond donors (Lipinski definition) is 1. The third-order valence-electron chi connectivity index (χ3n) is 2.73. The molecular weight excluding hydrogens is 312 g/mol. The van der Waals surface area contributed by atoms with Crippen molar-refractivity contribution in [3.05, 3.63) is 22.2 Å². The van der Waals surface area contributed by atoms with E-state index in [1.54, 1.807) is 12.1 Å². The summed E-state index contributed by atoms with van der Waals surface area (Å²) in [6.07, 6.45) is 0.563. The van der Waals surface area contributed by atoms with E-state index in [-0.39, 0.29) is 5.91 Å². The summed E-state index contributed by atoms with van der Waals surface area (Å²) in [6.45, 7) is 2.79. The van der Waals surface area contributed by atoms with E-state index in [2.05, 4.69) is 21.2 Å². The monoisotopic (exact) mass is 324 g/mol. The molecule has 1 heterocycles. The first kappa shape index (κ1) is 13.7. The summed E-state index contributed by atoms with van der Waals surface area (Å²) < 4.78 is 11.6. The highest BCUT2D eigenvalue weighted by molar-refractivity contribution is 9.10. The van der Waals surface area contributed by atoms with Crippen molar-refractivity contribution in [2.45, 2.75) is 19.4 Å². The van der Waals surface area contributed by atoms with Crippen LogP contribution < -0.4 is 14.8 Å². The Morgan fingerprint density at radius 1 is 1.53 bits per heavy atom. The van der Waals surface area contributed by atoms with Crippen LogP contribution in [0.1, 0.15) is 23.7 Å². The quantitative estimate of drug-likeness (QED) is 0.925. The van der Waals surface area contributed by atoms with Gasteiger partial charge in [0.2, 0.25) is 0 Å². The number of nitrogens with zero attached hydrogens (tertiary/aromatic N) is 1. The van der Waals surface area contributed by atoms with Gasteiger partial charge in [0, 0.05) is 5.56 Å². The number of carbonyl (C=O) groups excluding carboxylic acids is 1. The number of nitriles is 1. The van der Waals surface area contributed by atoms with Gasteiger partial charge in [0.05, 0.1) is 10.5 Å². The maximum absolute atomic E-state index is 12.0. The minimum absolute atomic E-state index is 0.300. The van der Waals surface area contributed by atoms with E-state index < -0.39 is 6.04 Å². The predicted octanol–water partition coefficient (Wildman–Crippen LogP) is 2.25. The van der Waals surface area contributed by atoms with Gasteiger partial charge < -0.3 is 14.8 Å². The van der Waals surface area contributed by atoms with Crippen molar-refractivity contribution >= 4 is 21.8 Å². The van der Waals surface area contributed by atoms with Crippen LogP contribution in [0.2, 0.25) is 0 Å². The standard InChI is InChI=1S/C13H13BrN2O3/c1-2-9(7-15)16-13(17)8-5-10(14)12-11(6-8)18-3-4-19-12/h5-6,9H,2-4H2,1H3,(H,16,17). The average Bonchev–Trinajstić information content (AvgIpc) is 2.44. The fourth-order valence-corrected chi connectivity index (χ4v) is 2.27. The second-order valence-electron chi connectivity index (χ2n) is 4.05. The summed E-state index contributed by atoms with van der Waals surface area (Å²) in [5, 5.41) is 11.5. The van der Waals surface area contributed by atoms with Gasteiger partial charge in [-0.25, -0.2) is 0 Å². The van der Waals surface area contributed by atoms with Crippen LogP contribution in [0.15, 0.2) is 16.6 Å². The van der Waals surface area contributed by atoms with Crippen molar-refractivity contribution < 1.29 is 14.3 Å². The van der Waals surface area contributed by atoms with Crippen molar-refractivity contribution in [1.82, 2.24) is 5.32 Å². The summed E-state index contributed by atoms with van der Waals surface area (Å²) in [6, 6.07) is 4.83. The Morgan fingerprint density at radius 3 is 2.95 bits per heavy atom. The third kappa shape index (κ3) is 2.99. The van der Waals surface area contributed by atoms with Crippen molar-refractivity contribution in [3.8, 4) is 17.6 Å². The molecule has 6 heteroatoms. The van der Waals surface area contributed by atoms with E-state index in [9.17, 15) is 4.79 Å². The van der Waals surface area contributed by atoms with Gasteiger partial charge in [0.1, 0.15) is 19.3 Å². The lowest BCUT2D eigenvalue weighted by molar-refractivity contribution is 0.0943. The van der Waals surface area contributed by atoms with Crippen LogP contribution >= 0.6 is 15.9 Å². The molecule has 1 atom stereocenters.